The second-order valence-corrected chi connectivity index (χ2v) is 10.6. The highest BCUT2D eigenvalue weighted by atomic mass is 19.1. The van der Waals surface area contributed by atoms with Crippen molar-refractivity contribution in [1.82, 2.24) is 45.7 Å². The van der Waals surface area contributed by atoms with E-state index >= 15 is 0 Å². The van der Waals surface area contributed by atoms with Crippen LogP contribution in [0.3, 0.4) is 0 Å². The van der Waals surface area contributed by atoms with Gasteiger partial charge in [-0.15, -0.1) is 5.10 Å². The molecule has 210 valence electrons. The number of nitrogens with zero attached hydrogens (tertiary/aromatic N) is 6. The van der Waals surface area contributed by atoms with Crippen molar-refractivity contribution < 1.29 is 23.9 Å². The Morgan fingerprint density at radius 3 is 2.55 bits per heavy atom. The fraction of sp³-hybridized carbons (Fsp3) is 0.440. The molecule has 2 aromatic heterocycles. The maximum atomic E-state index is 13.6. The number of benzene rings is 1. The maximum absolute atomic E-state index is 13.6. The SMILES string of the molecule is Cc1cc(CNC(=O)c2nc3n(c(=O)c2O)CC2(c4nnn[nH]4)CCC3(NC(=O)C(=O)N(C)C)CC2)ccc1F. The Hall–Kier alpha value is -4.69. The molecule has 0 spiro atoms. The van der Waals surface area contributed by atoms with Crippen molar-refractivity contribution in [2.24, 2.45) is 0 Å². The van der Waals surface area contributed by atoms with Gasteiger partial charge in [0.2, 0.25) is 5.75 Å². The number of amides is 3. The Labute approximate surface area is 227 Å². The van der Waals surface area contributed by atoms with Crippen LogP contribution in [0, 0.1) is 12.7 Å². The van der Waals surface area contributed by atoms with Gasteiger partial charge in [0.05, 0.1) is 11.0 Å². The average molecular weight is 554 g/mol. The number of nitrogens with one attached hydrogen (secondary N) is 3. The first-order valence-electron chi connectivity index (χ1n) is 12.6. The number of aromatic hydroxyl groups is 1. The average Bonchev–Trinajstić information content (AvgIpc) is 3.40. The summed E-state index contributed by atoms with van der Waals surface area (Å²) in [4.78, 5) is 57.7. The third kappa shape index (κ3) is 4.46. The van der Waals surface area contributed by atoms with E-state index < -0.39 is 45.7 Å². The highest BCUT2D eigenvalue weighted by molar-refractivity contribution is 6.35. The van der Waals surface area contributed by atoms with Gasteiger partial charge in [0.1, 0.15) is 11.6 Å². The van der Waals surface area contributed by atoms with Crippen molar-refractivity contribution in [3.63, 3.8) is 0 Å². The molecule has 0 radical (unpaired) electrons. The second kappa shape index (κ2) is 9.81. The molecule has 1 aromatic carbocycles. The van der Waals surface area contributed by atoms with E-state index in [1.165, 1.54) is 30.8 Å². The highest BCUT2D eigenvalue weighted by Crippen LogP contribution is 2.49. The molecule has 14 nitrogen and oxygen atoms in total. The standard InChI is InChI=1S/C25H28FN9O5/c1-13-10-14(4-5-15(13)26)11-27-18(37)16-17(36)20(39)35-12-24(22-30-32-33-31-22)6-8-25(9-7-24,23(35)28-16)29-19(38)21(40)34(2)3/h4-5,10,36H,6-9,11-12H2,1-3H3,(H,27,37)(H,29,38)(H,30,31,32,33). The molecular weight excluding hydrogens is 525 g/mol. The lowest BCUT2D eigenvalue weighted by Gasteiger charge is -2.40. The Balaban J connectivity index is 1.57. The van der Waals surface area contributed by atoms with Gasteiger partial charge in [-0.1, -0.05) is 12.1 Å². The molecule has 3 aliphatic rings. The van der Waals surface area contributed by atoms with Crippen molar-refractivity contribution in [3.8, 4) is 5.75 Å². The minimum absolute atomic E-state index is 0.0136. The summed E-state index contributed by atoms with van der Waals surface area (Å²) in [5, 5.41) is 30.4. The van der Waals surface area contributed by atoms with E-state index in [-0.39, 0.29) is 37.6 Å². The molecule has 3 amide bonds. The number of halogens is 1. The molecule has 1 aliphatic carbocycles. The molecule has 0 atom stereocenters. The van der Waals surface area contributed by atoms with Crippen LogP contribution >= 0.6 is 0 Å². The van der Waals surface area contributed by atoms with Crippen LogP contribution in [0.4, 0.5) is 4.39 Å². The fourth-order valence-electron chi connectivity index (χ4n) is 5.49. The van der Waals surface area contributed by atoms with Crippen molar-refractivity contribution in [2.45, 2.75) is 56.7 Å². The number of fused-ring (bicyclic) bond motifs is 2. The van der Waals surface area contributed by atoms with Crippen LogP contribution in [0.2, 0.25) is 0 Å². The number of carbonyl (C=O) groups is 3. The normalized spacial score (nSPS) is 21.3. The summed E-state index contributed by atoms with van der Waals surface area (Å²) >= 11 is 0. The molecule has 4 heterocycles. The van der Waals surface area contributed by atoms with Gasteiger partial charge < -0.3 is 20.6 Å². The largest absolute Gasteiger partial charge is 0.501 e. The van der Waals surface area contributed by atoms with E-state index in [1.54, 1.807) is 13.0 Å². The maximum Gasteiger partial charge on any atom is 0.311 e. The first kappa shape index (κ1) is 26.9. The van der Waals surface area contributed by atoms with Crippen LogP contribution in [0.1, 0.15) is 58.9 Å². The van der Waals surface area contributed by atoms with Crippen molar-refractivity contribution in [3.05, 3.63) is 62.8 Å². The van der Waals surface area contributed by atoms with Crippen molar-refractivity contribution in [1.29, 1.82) is 0 Å². The molecule has 2 aliphatic heterocycles. The van der Waals surface area contributed by atoms with Crippen molar-refractivity contribution in [2.75, 3.05) is 14.1 Å². The Morgan fingerprint density at radius 2 is 1.93 bits per heavy atom. The highest BCUT2D eigenvalue weighted by Gasteiger charge is 2.54. The van der Waals surface area contributed by atoms with Crippen LogP contribution in [0.15, 0.2) is 23.0 Å². The van der Waals surface area contributed by atoms with Gasteiger partial charge in [-0.3, -0.25) is 23.7 Å². The van der Waals surface area contributed by atoms with E-state index in [9.17, 15) is 28.7 Å². The minimum Gasteiger partial charge on any atom is -0.501 e. The van der Waals surface area contributed by atoms with Crippen LogP contribution < -0.4 is 16.2 Å². The third-order valence-electron chi connectivity index (χ3n) is 7.79. The van der Waals surface area contributed by atoms with Gasteiger partial charge in [-0.05, 0) is 60.2 Å². The molecule has 2 bridgehead atoms. The molecule has 3 aromatic rings. The zero-order valence-corrected chi connectivity index (χ0v) is 22.1. The second-order valence-electron chi connectivity index (χ2n) is 10.6. The molecular formula is C25H28FN9O5. The van der Waals surface area contributed by atoms with Gasteiger partial charge in [0, 0.05) is 27.2 Å². The summed E-state index contributed by atoms with van der Waals surface area (Å²) in [6.45, 7) is 1.60. The van der Waals surface area contributed by atoms with Gasteiger partial charge in [-0.2, -0.15) is 0 Å². The van der Waals surface area contributed by atoms with Crippen LogP contribution in [-0.4, -0.2) is 72.0 Å². The van der Waals surface area contributed by atoms with Crippen LogP contribution in [0.25, 0.3) is 0 Å². The number of aromatic amines is 1. The van der Waals surface area contributed by atoms with E-state index in [4.69, 9.17) is 0 Å². The van der Waals surface area contributed by atoms with Gasteiger partial charge in [0.15, 0.2) is 11.5 Å². The Kier molecular flexibility index (Phi) is 6.59. The molecule has 6 rings (SSSR count). The molecule has 4 N–H and O–H groups in total. The number of tetrazole rings is 1. The minimum atomic E-state index is -1.29. The summed E-state index contributed by atoms with van der Waals surface area (Å²) in [5.41, 5.74) is -2.43. The number of aryl methyl sites for hydroxylation is 1. The molecule has 0 unspecified atom stereocenters. The van der Waals surface area contributed by atoms with Crippen molar-refractivity contribution >= 4 is 17.7 Å². The van der Waals surface area contributed by atoms with E-state index in [2.05, 4.69) is 36.2 Å². The summed E-state index contributed by atoms with van der Waals surface area (Å²) < 4.78 is 14.9. The van der Waals surface area contributed by atoms with E-state index in [0.29, 0.717) is 29.8 Å². The van der Waals surface area contributed by atoms with Gasteiger partial charge in [0.25, 0.3) is 11.5 Å². The predicted octanol–water partition coefficient (Wildman–Crippen LogP) is -0.235. The lowest BCUT2D eigenvalue weighted by Crippen LogP contribution is -2.54. The van der Waals surface area contributed by atoms with E-state index in [1.807, 2.05) is 0 Å². The summed E-state index contributed by atoms with van der Waals surface area (Å²) in [6.07, 6.45) is 1.34. The smallest absolute Gasteiger partial charge is 0.311 e. The monoisotopic (exact) mass is 553 g/mol. The number of likely N-dealkylation sites (N-methyl/N-ethyl adjacent to an activating group) is 1. The lowest BCUT2D eigenvalue weighted by molar-refractivity contribution is -0.145. The zero-order valence-electron chi connectivity index (χ0n) is 22.1. The van der Waals surface area contributed by atoms with Gasteiger partial charge >= 0.3 is 11.8 Å². The molecule has 0 saturated heterocycles. The summed E-state index contributed by atoms with van der Waals surface area (Å²) in [6, 6.07) is 4.35. The number of aromatic nitrogens is 6. The number of hydrogen-bond acceptors (Lipinski definition) is 9. The lowest BCUT2D eigenvalue weighted by atomic mass is 9.68. The number of carbonyl (C=O) groups excluding carboxylic acids is 3. The first-order valence-corrected chi connectivity index (χ1v) is 12.6. The summed E-state index contributed by atoms with van der Waals surface area (Å²) in [7, 11) is 2.88. The van der Waals surface area contributed by atoms with Crippen LogP contribution in [-0.2, 0) is 33.6 Å². The molecule has 15 heteroatoms. The number of rotatable bonds is 5. The van der Waals surface area contributed by atoms with Gasteiger partial charge in [-0.25, -0.2) is 14.5 Å². The van der Waals surface area contributed by atoms with E-state index in [0.717, 1.165) is 4.90 Å². The zero-order chi connectivity index (χ0) is 28.8. The Bertz CT molecular complexity index is 1560. The molecule has 1 fully saturated rings. The predicted molar refractivity (Wildman–Crippen MR) is 135 cm³/mol. The summed E-state index contributed by atoms with van der Waals surface area (Å²) in [5.74, 6) is -3.30. The topological polar surface area (TPSA) is 188 Å². The fourth-order valence-corrected chi connectivity index (χ4v) is 5.49. The third-order valence-corrected chi connectivity index (χ3v) is 7.79. The Morgan fingerprint density at radius 1 is 1.20 bits per heavy atom. The first-order chi connectivity index (χ1) is 19.0. The van der Waals surface area contributed by atoms with Crippen LogP contribution in [0.5, 0.6) is 5.75 Å². The molecule has 40 heavy (non-hydrogen) atoms. The number of hydrogen-bond donors (Lipinski definition) is 4. The molecule has 1 saturated carbocycles. The number of H-pyrrole nitrogens is 1. The quantitative estimate of drug-likeness (QED) is 0.309.